The Kier molecular flexibility index (Phi) is 6.70. The third-order valence-electron chi connectivity index (χ3n) is 7.19. The number of amides is 1. The summed E-state index contributed by atoms with van der Waals surface area (Å²) in [5.74, 6) is -0.417. The van der Waals surface area contributed by atoms with Gasteiger partial charge < -0.3 is 19.9 Å². The van der Waals surface area contributed by atoms with Gasteiger partial charge in [-0.2, -0.15) is 13.2 Å². The number of methoxy groups -OCH3 is 1. The molecule has 5 nitrogen and oxygen atoms in total. The summed E-state index contributed by atoms with van der Waals surface area (Å²) in [6, 6.07) is 17.1. The molecule has 194 valence electrons. The van der Waals surface area contributed by atoms with Crippen LogP contribution >= 0.6 is 0 Å². The number of nitrogens with zero attached hydrogens (tertiary/aromatic N) is 2. The van der Waals surface area contributed by atoms with Crippen LogP contribution in [0, 0.1) is 11.7 Å². The maximum atomic E-state index is 13.4. The second-order valence-electron chi connectivity index (χ2n) is 9.40. The van der Waals surface area contributed by atoms with Gasteiger partial charge in [0.1, 0.15) is 11.6 Å². The van der Waals surface area contributed by atoms with Gasteiger partial charge in [0, 0.05) is 37.6 Å². The molecule has 5 rings (SSSR count). The van der Waals surface area contributed by atoms with Crippen LogP contribution < -0.4 is 19.9 Å². The summed E-state index contributed by atoms with van der Waals surface area (Å²) in [5.41, 5.74) is 2.28. The zero-order valence-electron chi connectivity index (χ0n) is 20.3. The molecule has 37 heavy (non-hydrogen) atoms. The maximum absolute atomic E-state index is 13.4. The lowest BCUT2D eigenvalue weighted by atomic mass is 9.82. The van der Waals surface area contributed by atoms with Crippen molar-refractivity contribution in [2.24, 2.45) is 5.92 Å². The Morgan fingerprint density at radius 1 is 1.03 bits per heavy atom. The van der Waals surface area contributed by atoms with Crippen LogP contribution in [-0.2, 0) is 23.9 Å². The highest BCUT2D eigenvalue weighted by Gasteiger charge is 2.42. The molecule has 1 N–H and O–H groups in total. The van der Waals surface area contributed by atoms with Crippen molar-refractivity contribution in [3.8, 4) is 5.75 Å². The zero-order valence-corrected chi connectivity index (χ0v) is 20.3. The fourth-order valence-electron chi connectivity index (χ4n) is 5.25. The van der Waals surface area contributed by atoms with E-state index in [0.717, 1.165) is 28.8 Å². The molecule has 0 saturated carbocycles. The van der Waals surface area contributed by atoms with E-state index >= 15 is 0 Å². The number of piperazine rings is 1. The fourth-order valence-corrected chi connectivity index (χ4v) is 5.25. The highest BCUT2D eigenvalue weighted by atomic mass is 19.4. The number of halogens is 4. The molecule has 2 unspecified atom stereocenters. The van der Waals surface area contributed by atoms with Gasteiger partial charge >= 0.3 is 6.18 Å². The van der Waals surface area contributed by atoms with Crippen LogP contribution in [0.15, 0.2) is 66.7 Å². The minimum atomic E-state index is -4.46. The molecule has 0 radical (unpaired) electrons. The minimum absolute atomic E-state index is 0.201. The lowest BCUT2D eigenvalue weighted by Crippen LogP contribution is -2.61. The minimum Gasteiger partial charge on any atom is -0.497 e. The van der Waals surface area contributed by atoms with Crippen molar-refractivity contribution in [2.45, 2.75) is 25.2 Å². The van der Waals surface area contributed by atoms with Gasteiger partial charge in [-0.25, -0.2) is 4.39 Å². The van der Waals surface area contributed by atoms with E-state index < -0.39 is 17.7 Å². The molecule has 0 bridgehead atoms. The highest BCUT2D eigenvalue weighted by molar-refractivity contribution is 5.82. The predicted octanol–water partition coefficient (Wildman–Crippen LogP) is 5.04. The first-order valence-corrected chi connectivity index (χ1v) is 12.1. The van der Waals surface area contributed by atoms with E-state index in [1.54, 1.807) is 19.2 Å². The van der Waals surface area contributed by atoms with Gasteiger partial charge in [-0.15, -0.1) is 0 Å². The molecule has 0 aliphatic carbocycles. The molecule has 3 aromatic carbocycles. The quantitative estimate of drug-likeness (QED) is 0.486. The van der Waals surface area contributed by atoms with Crippen molar-refractivity contribution >= 4 is 17.3 Å². The lowest BCUT2D eigenvalue weighted by Gasteiger charge is -2.49. The van der Waals surface area contributed by atoms with Crippen LogP contribution in [0.3, 0.4) is 0 Å². The van der Waals surface area contributed by atoms with E-state index in [-0.39, 0.29) is 30.7 Å². The summed E-state index contributed by atoms with van der Waals surface area (Å²) >= 11 is 0. The molecule has 1 amide bonds. The van der Waals surface area contributed by atoms with Crippen molar-refractivity contribution in [1.82, 2.24) is 5.32 Å². The van der Waals surface area contributed by atoms with Crippen molar-refractivity contribution in [2.75, 3.05) is 36.5 Å². The van der Waals surface area contributed by atoms with Gasteiger partial charge in [-0.1, -0.05) is 12.1 Å². The van der Waals surface area contributed by atoms with Gasteiger partial charge in [0.2, 0.25) is 5.91 Å². The Labute approximate surface area is 212 Å². The van der Waals surface area contributed by atoms with E-state index in [0.29, 0.717) is 25.2 Å². The molecule has 2 aliphatic rings. The SMILES string of the molecule is COc1ccc(N2CCN3c4ccc(C(F)(F)F)cc4CC(C(=O)NCc4ccc(F)cc4)C3C2)cc1. The van der Waals surface area contributed by atoms with Gasteiger partial charge in [-0.3, -0.25) is 4.79 Å². The molecule has 9 heteroatoms. The Balaban J connectivity index is 1.42. The number of anilines is 2. The van der Waals surface area contributed by atoms with Crippen LogP contribution in [0.2, 0.25) is 0 Å². The summed E-state index contributed by atoms with van der Waals surface area (Å²) < 4.78 is 58.8. The molecule has 1 fully saturated rings. The van der Waals surface area contributed by atoms with Crippen molar-refractivity contribution in [3.05, 3.63) is 89.2 Å². The highest BCUT2D eigenvalue weighted by Crippen LogP contribution is 2.40. The summed E-state index contributed by atoms with van der Waals surface area (Å²) in [5, 5.41) is 2.92. The van der Waals surface area contributed by atoms with Crippen LogP contribution in [0.25, 0.3) is 0 Å². The average Bonchev–Trinajstić information content (AvgIpc) is 2.91. The Morgan fingerprint density at radius 2 is 1.76 bits per heavy atom. The number of carbonyl (C=O) groups excluding carboxylic acids is 1. The number of fused-ring (bicyclic) bond motifs is 3. The molecular weight excluding hydrogens is 486 g/mol. The van der Waals surface area contributed by atoms with Crippen LogP contribution in [0.4, 0.5) is 28.9 Å². The molecule has 2 heterocycles. The van der Waals surface area contributed by atoms with Gasteiger partial charge in [-0.05, 0) is 72.1 Å². The number of alkyl halides is 3. The van der Waals surface area contributed by atoms with E-state index in [1.165, 1.54) is 24.3 Å². The number of ether oxygens (including phenoxy) is 1. The van der Waals surface area contributed by atoms with Crippen molar-refractivity contribution in [3.63, 3.8) is 0 Å². The van der Waals surface area contributed by atoms with Gasteiger partial charge in [0.25, 0.3) is 0 Å². The Bertz CT molecular complexity index is 1260. The second kappa shape index (κ2) is 9.95. The first-order chi connectivity index (χ1) is 17.7. The fraction of sp³-hybridized carbons (Fsp3) is 0.321. The normalized spacial score (nSPS) is 19.2. The number of carbonyl (C=O) groups is 1. The van der Waals surface area contributed by atoms with Crippen molar-refractivity contribution < 1.29 is 27.1 Å². The molecule has 2 aliphatic heterocycles. The Morgan fingerprint density at radius 3 is 2.43 bits per heavy atom. The summed E-state index contributed by atoms with van der Waals surface area (Å²) in [6.45, 7) is 1.98. The first-order valence-electron chi connectivity index (χ1n) is 12.1. The topological polar surface area (TPSA) is 44.8 Å². The van der Waals surface area contributed by atoms with Gasteiger partial charge in [0.15, 0.2) is 0 Å². The average molecular weight is 514 g/mol. The number of benzene rings is 3. The summed E-state index contributed by atoms with van der Waals surface area (Å²) in [7, 11) is 1.60. The molecule has 0 spiro atoms. The van der Waals surface area contributed by atoms with E-state index in [4.69, 9.17) is 4.74 Å². The van der Waals surface area contributed by atoms with E-state index in [1.807, 2.05) is 24.3 Å². The van der Waals surface area contributed by atoms with E-state index in [9.17, 15) is 22.4 Å². The summed E-state index contributed by atoms with van der Waals surface area (Å²) in [4.78, 5) is 17.7. The number of nitrogens with one attached hydrogen (secondary N) is 1. The number of hydrogen-bond acceptors (Lipinski definition) is 4. The first kappa shape index (κ1) is 24.9. The zero-order chi connectivity index (χ0) is 26.2. The van der Waals surface area contributed by atoms with Crippen LogP contribution in [0.5, 0.6) is 5.75 Å². The van der Waals surface area contributed by atoms with Crippen molar-refractivity contribution in [1.29, 1.82) is 0 Å². The van der Waals surface area contributed by atoms with Gasteiger partial charge in [0.05, 0.1) is 24.6 Å². The maximum Gasteiger partial charge on any atom is 0.416 e. The Hall–Kier alpha value is -3.75. The molecule has 2 atom stereocenters. The van der Waals surface area contributed by atoms with Crippen LogP contribution in [0.1, 0.15) is 16.7 Å². The third-order valence-corrected chi connectivity index (χ3v) is 7.19. The molecule has 3 aromatic rings. The molecule has 0 aromatic heterocycles. The largest absolute Gasteiger partial charge is 0.497 e. The standard InChI is InChI=1S/C28H27F4N3O2/c1-37-23-9-7-22(8-10-23)34-12-13-35-25-11-4-20(28(30,31)32)14-19(25)15-24(26(35)17-34)27(36)33-16-18-2-5-21(29)6-3-18/h2-11,14,24,26H,12-13,15-17H2,1H3,(H,33,36). The molecular formula is C28H27F4N3O2. The number of hydrogen-bond donors (Lipinski definition) is 1. The monoisotopic (exact) mass is 513 g/mol. The lowest BCUT2D eigenvalue weighted by molar-refractivity contribution is -0.137. The molecule has 1 saturated heterocycles. The summed E-state index contributed by atoms with van der Waals surface area (Å²) in [6.07, 6.45) is -4.26. The predicted molar refractivity (Wildman–Crippen MR) is 133 cm³/mol. The second-order valence-corrected chi connectivity index (χ2v) is 9.40. The number of rotatable bonds is 5. The smallest absolute Gasteiger partial charge is 0.416 e. The van der Waals surface area contributed by atoms with E-state index in [2.05, 4.69) is 15.1 Å². The van der Waals surface area contributed by atoms with Crippen LogP contribution in [-0.4, -0.2) is 38.7 Å². The third kappa shape index (κ3) is 5.21.